The third-order valence-corrected chi connectivity index (χ3v) is 4.40. The predicted octanol–water partition coefficient (Wildman–Crippen LogP) is 1.12. The molecule has 0 bridgehead atoms. The first-order chi connectivity index (χ1) is 11.4. The molecule has 0 aliphatic heterocycles. The first kappa shape index (κ1) is 16.5. The van der Waals surface area contributed by atoms with Crippen molar-refractivity contribution in [2.24, 2.45) is 0 Å². The van der Waals surface area contributed by atoms with Crippen LogP contribution in [-0.4, -0.2) is 40.7 Å². The second-order valence-corrected chi connectivity index (χ2v) is 7.43. The highest BCUT2D eigenvalue weighted by Crippen LogP contribution is 2.12. The molecule has 9 nitrogen and oxygen atoms in total. The average Bonchev–Trinajstić information content (AvgIpc) is 3.17. The minimum atomic E-state index is -3.51. The summed E-state index contributed by atoms with van der Waals surface area (Å²) in [4.78, 5) is 16.4. The number of nitrogens with zero attached hydrogens (tertiary/aromatic N) is 4. The summed E-state index contributed by atoms with van der Waals surface area (Å²) in [5, 5.41) is 12.7. The van der Waals surface area contributed by atoms with E-state index < -0.39 is 16.1 Å². The zero-order chi connectivity index (χ0) is 17.2. The van der Waals surface area contributed by atoms with Gasteiger partial charge in [-0.05, 0) is 12.1 Å². The van der Waals surface area contributed by atoms with Crippen molar-refractivity contribution < 1.29 is 17.4 Å². The highest BCUT2D eigenvalue weighted by atomic mass is 32.2. The highest BCUT2D eigenvalue weighted by molar-refractivity contribution is 7.85. The molecule has 0 aliphatic carbocycles. The van der Waals surface area contributed by atoms with Crippen molar-refractivity contribution in [2.75, 3.05) is 6.26 Å². The van der Waals surface area contributed by atoms with E-state index in [0.29, 0.717) is 21.7 Å². The van der Waals surface area contributed by atoms with Gasteiger partial charge in [0.05, 0.1) is 24.0 Å². The number of rotatable bonds is 5. The Bertz CT molecular complexity index is 979. The Morgan fingerprint density at radius 1 is 1.38 bits per heavy atom. The summed E-state index contributed by atoms with van der Waals surface area (Å²) in [5.74, 6) is 0. The summed E-state index contributed by atoms with van der Waals surface area (Å²) in [7, 11) is -3.51. The maximum absolute atomic E-state index is 12.2. The number of carbonyl (C=O) groups excluding carboxylic acids is 1. The molecule has 0 saturated heterocycles. The first-order valence-corrected chi connectivity index (χ1v) is 9.48. The number of hydrogen-bond donors (Lipinski definition) is 1. The average molecular weight is 367 g/mol. The van der Waals surface area contributed by atoms with E-state index in [1.54, 1.807) is 23.6 Å². The lowest BCUT2D eigenvalue weighted by molar-refractivity contribution is 0.239. The number of aromatic nitrogens is 4. The molecule has 0 radical (unpaired) electrons. The fraction of sp³-hybridized carbons (Fsp3) is 0.231. The van der Waals surface area contributed by atoms with E-state index in [1.807, 2.05) is 6.07 Å². The normalized spacial score (nSPS) is 11.7. The fourth-order valence-electron chi connectivity index (χ4n) is 1.91. The Hall–Kier alpha value is -2.37. The van der Waals surface area contributed by atoms with E-state index in [4.69, 9.17) is 0 Å². The monoisotopic (exact) mass is 367 g/mol. The third-order valence-electron chi connectivity index (χ3n) is 2.96. The van der Waals surface area contributed by atoms with Crippen molar-refractivity contribution in [1.29, 1.82) is 0 Å². The van der Waals surface area contributed by atoms with Crippen molar-refractivity contribution in [1.82, 2.24) is 25.3 Å². The summed E-state index contributed by atoms with van der Waals surface area (Å²) >= 11 is 1.30. The van der Waals surface area contributed by atoms with Crippen LogP contribution in [0.5, 0.6) is 0 Å². The summed E-state index contributed by atoms with van der Waals surface area (Å²) in [6, 6.07) is 6.70. The van der Waals surface area contributed by atoms with Crippen LogP contribution in [0.15, 0.2) is 29.6 Å². The van der Waals surface area contributed by atoms with Gasteiger partial charge in [-0.25, -0.2) is 9.78 Å². The SMILES string of the molecule is CS(=O)(=O)OCc1csc(CNC(=O)n2nnc3ccccc32)n1. The molecule has 3 rings (SSSR count). The van der Waals surface area contributed by atoms with Gasteiger partial charge in [-0.3, -0.25) is 4.18 Å². The van der Waals surface area contributed by atoms with Gasteiger partial charge < -0.3 is 5.32 Å². The summed E-state index contributed by atoms with van der Waals surface area (Å²) in [5.41, 5.74) is 1.72. The minimum Gasteiger partial charge on any atom is -0.330 e. The molecule has 11 heteroatoms. The molecule has 24 heavy (non-hydrogen) atoms. The first-order valence-electron chi connectivity index (χ1n) is 6.79. The van der Waals surface area contributed by atoms with Gasteiger partial charge in [-0.15, -0.1) is 16.4 Å². The van der Waals surface area contributed by atoms with Crippen molar-refractivity contribution in [3.8, 4) is 0 Å². The summed E-state index contributed by atoms with van der Waals surface area (Å²) < 4.78 is 27.7. The van der Waals surface area contributed by atoms with Gasteiger partial charge >= 0.3 is 6.03 Å². The molecule has 0 spiro atoms. The number of para-hydroxylation sites is 1. The topological polar surface area (TPSA) is 116 Å². The van der Waals surface area contributed by atoms with Crippen molar-refractivity contribution in [3.63, 3.8) is 0 Å². The quantitative estimate of drug-likeness (QED) is 0.672. The molecule has 0 saturated carbocycles. The Balaban J connectivity index is 1.61. The van der Waals surface area contributed by atoms with Crippen molar-refractivity contribution in [3.05, 3.63) is 40.3 Å². The number of benzene rings is 1. The second-order valence-electron chi connectivity index (χ2n) is 4.85. The molecule has 1 amide bonds. The molecule has 0 atom stereocenters. The maximum Gasteiger partial charge on any atom is 0.344 e. The van der Waals surface area contributed by atoms with E-state index in [0.717, 1.165) is 6.26 Å². The van der Waals surface area contributed by atoms with Crippen LogP contribution in [0.4, 0.5) is 4.79 Å². The number of fused-ring (bicyclic) bond motifs is 1. The standard InChI is InChI=1S/C13H13N5O4S2/c1-24(20,21)22-7-9-8-23-12(15-9)6-14-13(19)18-11-5-3-2-4-10(11)16-17-18/h2-5,8H,6-7H2,1H3,(H,14,19). The van der Waals surface area contributed by atoms with E-state index in [-0.39, 0.29) is 13.2 Å². The summed E-state index contributed by atoms with van der Waals surface area (Å²) in [6.07, 6.45) is 0.975. The largest absolute Gasteiger partial charge is 0.344 e. The highest BCUT2D eigenvalue weighted by Gasteiger charge is 2.12. The number of thiazole rings is 1. The summed E-state index contributed by atoms with van der Waals surface area (Å²) in [6.45, 7) is 0.0631. The van der Waals surface area contributed by atoms with Crippen LogP contribution in [0.2, 0.25) is 0 Å². The van der Waals surface area contributed by atoms with Gasteiger partial charge in [-0.2, -0.15) is 13.1 Å². The Labute approximate surface area is 141 Å². The molecular weight excluding hydrogens is 354 g/mol. The molecule has 3 aromatic rings. The van der Waals surface area contributed by atoms with Gasteiger partial charge in [0.1, 0.15) is 17.1 Å². The van der Waals surface area contributed by atoms with Crippen LogP contribution < -0.4 is 5.32 Å². The molecule has 0 fully saturated rings. The third kappa shape index (κ3) is 3.93. The van der Waals surface area contributed by atoms with Crippen LogP contribution in [0, 0.1) is 0 Å². The molecule has 2 aromatic heterocycles. The van der Waals surface area contributed by atoms with E-state index in [2.05, 4.69) is 24.8 Å². The van der Waals surface area contributed by atoms with Crippen LogP contribution >= 0.6 is 11.3 Å². The van der Waals surface area contributed by atoms with Gasteiger partial charge in [0.2, 0.25) is 0 Å². The van der Waals surface area contributed by atoms with Gasteiger partial charge in [0.15, 0.2) is 0 Å². The Morgan fingerprint density at radius 3 is 2.96 bits per heavy atom. The van der Waals surface area contributed by atoms with Gasteiger partial charge in [-0.1, -0.05) is 17.3 Å². The minimum absolute atomic E-state index is 0.128. The molecule has 1 N–H and O–H groups in total. The van der Waals surface area contributed by atoms with Crippen molar-refractivity contribution in [2.45, 2.75) is 13.2 Å². The number of amides is 1. The number of hydrogen-bond acceptors (Lipinski definition) is 8. The smallest absolute Gasteiger partial charge is 0.330 e. The van der Waals surface area contributed by atoms with Crippen LogP contribution in [0.25, 0.3) is 11.0 Å². The molecule has 1 aromatic carbocycles. The predicted molar refractivity (Wildman–Crippen MR) is 86.9 cm³/mol. The lowest BCUT2D eigenvalue weighted by atomic mass is 10.3. The molecular formula is C13H13N5O4S2. The van der Waals surface area contributed by atoms with Crippen LogP contribution in [0.3, 0.4) is 0 Å². The molecule has 0 unspecified atom stereocenters. The van der Waals surface area contributed by atoms with E-state index >= 15 is 0 Å². The molecule has 126 valence electrons. The maximum atomic E-state index is 12.2. The molecule has 2 heterocycles. The molecule has 0 aliphatic rings. The van der Waals surface area contributed by atoms with Crippen LogP contribution in [-0.2, 0) is 27.5 Å². The lowest BCUT2D eigenvalue weighted by Gasteiger charge is -2.02. The van der Waals surface area contributed by atoms with Crippen molar-refractivity contribution >= 4 is 38.5 Å². The van der Waals surface area contributed by atoms with Gasteiger partial charge in [0.25, 0.3) is 10.1 Å². The number of carbonyl (C=O) groups is 1. The number of nitrogens with one attached hydrogen (secondary N) is 1. The van der Waals surface area contributed by atoms with Crippen LogP contribution in [0.1, 0.15) is 10.7 Å². The Kier molecular flexibility index (Phi) is 4.55. The van der Waals surface area contributed by atoms with E-state index in [1.165, 1.54) is 16.0 Å². The Morgan fingerprint density at radius 2 is 2.17 bits per heavy atom. The second kappa shape index (κ2) is 6.63. The van der Waals surface area contributed by atoms with Gasteiger partial charge in [0, 0.05) is 5.38 Å². The fourth-order valence-corrected chi connectivity index (χ4v) is 2.96. The zero-order valence-electron chi connectivity index (χ0n) is 12.5. The van der Waals surface area contributed by atoms with E-state index in [9.17, 15) is 13.2 Å². The zero-order valence-corrected chi connectivity index (χ0v) is 14.2. The lowest BCUT2D eigenvalue weighted by Crippen LogP contribution is -2.28.